The third kappa shape index (κ3) is 8.62. The second-order valence-corrected chi connectivity index (χ2v) is 7.58. The van der Waals surface area contributed by atoms with E-state index >= 15 is 0 Å². The number of hydrogen-bond acceptors (Lipinski definition) is 5. The largest absolute Gasteiger partial charge is 0.508 e. The minimum Gasteiger partial charge on any atom is -0.508 e. The van der Waals surface area contributed by atoms with E-state index in [9.17, 15) is 9.90 Å². The van der Waals surface area contributed by atoms with Crippen molar-refractivity contribution >= 4 is 35.8 Å². The van der Waals surface area contributed by atoms with Gasteiger partial charge in [0.2, 0.25) is 0 Å². The molecule has 1 aliphatic rings. The number of aromatic hydroxyl groups is 1. The average Bonchev–Trinajstić information content (AvgIpc) is 2.79. The number of nitrogens with zero attached hydrogens (tertiary/aromatic N) is 3. The zero-order valence-electron chi connectivity index (χ0n) is 18.5. The van der Waals surface area contributed by atoms with Gasteiger partial charge in [-0.2, -0.15) is 0 Å². The van der Waals surface area contributed by atoms with Gasteiger partial charge in [0.05, 0.1) is 12.2 Å². The molecule has 2 aromatic rings. The molecule has 32 heavy (non-hydrogen) atoms. The first-order chi connectivity index (χ1) is 15.1. The number of carbonyl (C=O) groups excluding carboxylic acids is 1. The lowest BCUT2D eigenvalue weighted by atomic mass is 10.0. The molecule has 0 atom stereocenters. The van der Waals surface area contributed by atoms with Crippen molar-refractivity contribution in [2.75, 3.05) is 32.7 Å². The van der Waals surface area contributed by atoms with Gasteiger partial charge in [-0.15, -0.1) is 24.0 Å². The van der Waals surface area contributed by atoms with Crippen molar-refractivity contribution in [3.63, 3.8) is 0 Å². The first kappa shape index (κ1) is 25.9. The van der Waals surface area contributed by atoms with Gasteiger partial charge in [-0.1, -0.05) is 6.07 Å². The van der Waals surface area contributed by atoms with Gasteiger partial charge in [-0.3, -0.25) is 19.7 Å². The number of aromatic nitrogens is 1. The number of guanidine groups is 1. The second-order valence-electron chi connectivity index (χ2n) is 7.58. The number of rotatable bonds is 8. The van der Waals surface area contributed by atoms with Crippen molar-refractivity contribution in [3.05, 3.63) is 59.9 Å². The van der Waals surface area contributed by atoms with Gasteiger partial charge in [0.25, 0.3) is 5.91 Å². The fourth-order valence-electron chi connectivity index (χ4n) is 3.52. The van der Waals surface area contributed by atoms with E-state index in [0.29, 0.717) is 24.7 Å². The summed E-state index contributed by atoms with van der Waals surface area (Å²) in [4.78, 5) is 23.6. The van der Waals surface area contributed by atoms with Gasteiger partial charge in [0, 0.05) is 50.5 Å². The Labute approximate surface area is 206 Å². The van der Waals surface area contributed by atoms with Crippen molar-refractivity contribution < 1.29 is 9.90 Å². The lowest BCUT2D eigenvalue weighted by Crippen LogP contribution is -2.48. The van der Waals surface area contributed by atoms with Crippen molar-refractivity contribution in [2.24, 2.45) is 4.99 Å². The zero-order chi connectivity index (χ0) is 21.9. The van der Waals surface area contributed by atoms with Crippen LogP contribution < -0.4 is 16.0 Å². The molecule has 1 aromatic heterocycles. The third-order valence-electron chi connectivity index (χ3n) is 5.18. The van der Waals surface area contributed by atoms with Crippen molar-refractivity contribution in [1.82, 2.24) is 25.8 Å². The first-order valence-electron chi connectivity index (χ1n) is 10.9. The number of hydrogen-bond donors (Lipinski definition) is 4. The van der Waals surface area contributed by atoms with Gasteiger partial charge in [-0.05, 0) is 56.2 Å². The van der Waals surface area contributed by atoms with Crippen LogP contribution in [0.2, 0.25) is 0 Å². The molecule has 0 unspecified atom stereocenters. The number of halogens is 1. The van der Waals surface area contributed by atoms with Crippen LogP contribution in [0.25, 0.3) is 0 Å². The van der Waals surface area contributed by atoms with E-state index in [4.69, 9.17) is 0 Å². The Morgan fingerprint density at radius 2 is 1.91 bits per heavy atom. The molecule has 0 aliphatic carbocycles. The lowest BCUT2D eigenvalue weighted by Gasteiger charge is -2.32. The highest BCUT2D eigenvalue weighted by atomic mass is 127. The molecule has 9 heteroatoms. The number of phenolic OH excluding ortho intramolecular Hbond substituents is 1. The van der Waals surface area contributed by atoms with Crippen LogP contribution in [0.4, 0.5) is 0 Å². The summed E-state index contributed by atoms with van der Waals surface area (Å²) in [5.74, 6) is 0.753. The smallest absolute Gasteiger partial charge is 0.251 e. The molecule has 1 aliphatic heterocycles. The number of phenols is 1. The number of likely N-dealkylation sites (tertiary alicyclic amines) is 1. The molecule has 174 valence electrons. The average molecular weight is 552 g/mol. The Kier molecular flexibility index (Phi) is 11.2. The molecule has 2 heterocycles. The second kappa shape index (κ2) is 13.9. The Hall–Kier alpha value is -2.40. The highest BCUT2D eigenvalue weighted by molar-refractivity contribution is 14.0. The number of pyridine rings is 1. The van der Waals surface area contributed by atoms with Crippen molar-refractivity contribution in [2.45, 2.75) is 32.4 Å². The Balaban J connectivity index is 0.00000363. The summed E-state index contributed by atoms with van der Waals surface area (Å²) in [6, 6.07) is 12.6. The Morgan fingerprint density at radius 3 is 2.56 bits per heavy atom. The topological polar surface area (TPSA) is 102 Å². The maximum absolute atomic E-state index is 12.1. The number of carbonyl (C=O) groups is 1. The molecule has 4 N–H and O–H groups in total. The van der Waals surface area contributed by atoms with Crippen LogP contribution in [0.1, 0.15) is 35.8 Å². The van der Waals surface area contributed by atoms with E-state index < -0.39 is 0 Å². The molecule has 8 nitrogen and oxygen atoms in total. The monoisotopic (exact) mass is 552 g/mol. The Morgan fingerprint density at radius 1 is 1.16 bits per heavy atom. The minimum atomic E-state index is -0.173. The fraction of sp³-hybridized carbons (Fsp3) is 0.435. The quantitative estimate of drug-likeness (QED) is 0.174. The maximum Gasteiger partial charge on any atom is 0.251 e. The number of aliphatic imine (C=N–C) groups is 1. The third-order valence-corrected chi connectivity index (χ3v) is 5.18. The lowest BCUT2D eigenvalue weighted by molar-refractivity contribution is 0.0955. The van der Waals surface area contributed by atoms with Gasteiger partial charge >= 0.3 is 0 Å². The standard InChI is InChI=1S/C23H32N6O2.HI/c1-2-24-23(27-14-13-26-22(31)18-6-8-21(30)9-7-18)28-19-10-15-29(16-11-19)17-20-5-3-4-12-25-20;/h3-9,12,19,30H,2,10-11,13-17H2,1H3,(H,26,31)(H2,24,27,28);1H. The molecule has 0 spiro atoms. The summed E-state index contributed by atoms with van der Waals surface area (Å²) in [6.45, 7) is 6.69. The van der Waals surface area contributed by atoms with Crippen LogP contribution in [-0.4, -0.2) is 65.6 Å². The molecule has 0 radical (unpaired) electrons. The van der Waals surface area contributed by atoms with E-state index in [1.54, 1.807) is 12.1 Å². The fourth-order valence-corrected chi connectivity index (χ4v) is 3.52. The molecule has 3 rings (SSSR count). The van der Waals surface area contributed by atoms with Gasteiger partial charge in [-0.25, -0.2) is 0 Å². The normalized spacial score (nSPS) is 15.0. The molecule has 1 aromatic carbocycles. The SMILES string of the molecule is CCNC(=NCCNC(=O)c1ccc(O)cc1)NC1CCN(Cc2ccccn2)CC1.I. The highest BCUT2D eigenvalue weighted by Gasteiger charge is 2.20. The van der Waals surface area contributed by atoms with Gasteiger partial charge in [0.1, 0.15) is 5.75 Å². The first-order valence-corrected chi connectivity index (χ1v) is 10.9. The maximum atomic E-state index is 12.1. The molecule has 1 fully saturated rings. The molecule has 0 saturated carbocycles. The van der Waals surface area contributed by atoms with Crippen LogP contribution in [0.3, 0.4) is 0 Å². The van der Waals surface area contributed by atoms with Crippen LogP contribution in [0.5, 0.6) is 5.75 Å². The highest BCUT2D eigenvalue weighted by Crippen LogP contribution is 2.13. The number of benzene rings is 1. The minimum absolute atomic E-state index is 0. The van der Waals surface area contributed by atoms with Crippen LogP contribution in [0, 0.1) is 0 Å². The summed E-state index contributed by atoms with van der Waals surface area (Å²) in [5, 5.41) is 19.0. The van der Waals surface area contributed by atoms with Gasteiger partial charge in [0.15, 0.2) is 5.96 Å². The van der Waals surface area contributed by atoms with Gasteiger partial charge < -0.3 is 21.1 Å². The van der Waals surface area contributed by atoms with Crippen molar-refractivity contribution in [1.29, 1.82) is 0 Å². The number of amides is 1. The summed E-state index contributed by atoms with van der Waals surface area (Å²) < 4.78 is 0. The number of piperidine rings is 1. The molecule has 1 saturated heterocycles. The molecule has 1 amide bonds. The van der Waals surface area contributed by atoms with E-state index in [1.807, 2.05) is 25.3 Å². The van der Waals surface area contributed by atoms with Crippen molar-refractivity contribution in [3.8, 4) is 5.75 Å². The summed E-state index contributed by atoms with van der Waals surface area (Å²) in [7, 11) is 0. The van der Waals surface area contributed by atoms with Crippen LogP contribution in [0.15, 0.2) is 53.7 Å². The summed E-state index contributed by atoms with van der Waals surface area (Å²) in [6.07, 6.45) is 3.94. The predicted octanol–water partition coefficient (Wildman–Crippen LogP) is 2.35. The molecular formula is C23H33IN6O2. The zero-order valence-corrected chi connectivity index (χ0v) is 20.8. The Bertz CT molecular complexity index is 839. The summed E-state index contributed by atoms with van der Waals surface area (Å²) in [5.41, 5.74) is 1.63. The van der Waals surface area contributed by atoms with E-state index in [1.165, 1.54) is 12.1 Å². The van der Waals surface area contributed by atoms with Crippen LogP contribution in [-0.2, 0) is 6.54 Å². The molecule has 0 bridgehead atoms. The number of nitrogens with one attached hydrogen (secondary N) is 3. The predicted molar refractivity (Wildman–Crippen MR) is 138 cm³/mol. The van der Waals surface area contributed by atoms with Crippen LogP contribution >= 0.6 is 24.0 Å². The van der Waals surface area contributed by atoms with E-state index in [0.717, 1.165) is 50.7 Å². The van der Waals surface area contributed by atoms with E-state index in [2.05, 4.69) is 36.9 Å². The molecular weight excluding hydrogens is 519 g/mol. The van der Waals surface area contributed by atoms with E-state index in [-0.39, 0.29) is 35.6 Å². The summed E-state index contributed by atoms with van der Waals surface area (Å²) >= 11 is 0.